The van der Waals surface area contributed by atoms with Gasteiger partial charge in [-0.3, -0.25) is 0 Å². The predicted octanol–water partition coefficient (Wildman–Crippen LogP) is 7.82. The molecule has 0 heterocycles. The summed E-state index contributed by atoms with van der Waals surface area (Å²) in [6.07, 6.45) is 3.43. The first-order chi connectivity index (χ1) is 15.3. The summed E-state index contributed by atoms with van der Waals surface area (Å²) in [6, 6.07) is 31.3. The molecule has 0 amide bonds. The third-order valence-electron chi connectivity index (χ3n) is 7.00. The molecule has 0 aromatic heterocycles. The van der Waals surface area contributed by atoms with Crippen molar-refractivity contribution in [2.24, 2.45) is 0 Å². The lowest BCUT2D eigenvalue weighted by Gasteiger charge is -2.28. The summed E-state index contributed by atoms with van der Waals surface area (Å²) in [5, 5.41) is 8.09. The van der Waals surface area contributed by atoms with Crippen LogP contribution in [0.3, 0.4) is 0 Å². The van der Waals surface area contributed by atoms with Crippen LogP contribution < -0.4 is 4.74 Å². The van der Waals surface area contributed by atoms with E-state index in [9.17, 15) is 0 Å². The highest BCUT2D eigenvalue weighted by Gasteiger charge is 2.24. The van der Waals surface area contributed by atoms with Gasteiger partial charge >= 0.3 is 0 Å². The van der Waals surface area contributed by atoms with E-state index in [0.29, 0.717) is 12.5 Å². The van der Waals surface area contributed by atoms with Crippen molar-refractivity contribution in [3.63, 3.8) is 0 Å². The summed E-state index contributed by atoms with van der Waals surface area (Å²) in [4.78, 5) is 0. The number of hydrogen-bond donors (Lipinski definition) is 0. The Hall–Kier alpha value is -3.32. The Morgan fingerprint density at radius 3 is 2.35 bits per heavy atom. The molecule has 0 saturated heterocycles. The molecule has 0 saturated carbocycles. The van der Waals surface area contributed by atoms with Crippen LogP contribution >= 0.6 is 0 Å². The number of hydrogen-bond acceptors (Lipinski definition) is 1. The van der Waals surface area contributed by atoms with E-state index in [2.05, 4.69) is 84.9 Å². The monoisotopic (exact) mass is 402 g/mol. The van der Waals surface area contributed by atoms with Crippen molar-refractivity contribution < 1.29 is 4.74 Å². The average Bonchev–Trinajstić information content (AvgIpc) is 2.83. The van der Waals surface area contributed by atoms with Crippen LogP contribution in [-0.4, -0.2) is 6.61 Å². The van der Waals surface area contributed by atoms with E-state index in [1.165, 1.54) is 49.9 Å². The Bertz CT molecular complexity index is 1430. The second-order valence-electron chi connectivity index (χ2n) is 8.66. The standard InChI is InChI=1S/C30H26O/c1-2-31-30-18-17-25(26-9-5-6-10-29(26)30)21-12-14-24-22(19-21)13-16-27-23-8-4-3-7-20(23)11-15-28(24)27/h3-11,13,15-18,21H,2,12,14,19H2,1H3. The van der Waals surface area contributed by atoms with Gasteiger partial charge in [-0.2, -0.15) is 0 Å². The highest BCUT2D eigenvalue weighted by molar-refractivity contribution is 6.08. The van der Waals surface area contributed by atoms with Crippen LogP contribution in [-0.2, 0) is 12.8 Å². The molecule has 1 atom stereocenters. The molecule has 1 nitrogen and oxygen atoms in total. The van der Waals surface area contributed by atoms with Crippen LogP contribution in [0.2, 0.25) is 0 Å². The molecular weight excluding hydrogens is 376 g/mol. The molecule has 0 radical (unpaired) electrons. The van der Waals surface area contributed by atoms with Gasteiger partial charge in [-0.25, -0.2) is 0 Å². The molecule has 1 unspecified atom stereocenters. The third-order valence-corrected chi connectivity index (χ3v) is 7.00. The van der Waals surface area contributed by atoms with Crippen molar-refractivity contribution in [2.45, 2.75) is 32.1 Å². The molecule has 6 rings (SSSR count). The molecule has 5 aromatic rings. The zero-order chi connectivity index (χ0) is 20.8. The maximum Gasteiger partial charge on any atom is 0.127 e. The molecule has 0 aliphatic heterocycles. The Morgan fingerprint density at radius 2 is 1.48 bits per heavy atom. The van der Waals surface area contributed by atoms with Crippen molar-refractivity contribution in [3.05, 3.63) is 102 Å². The maximum atomic E-state index is 5.90. The minimum Gasteiger partial charge on any atom is -0.493 e. The Labute approximate surface area is 183 Å². The van der Waals surface area contributed by atoms with E-state index < -0.39 is 0 Å². The van der Waals surface area contributed by atoms with E-state index in [1.54, 1.807) is 5.56 Å². The Morgan fingerprint density at radius 1 is 0.710 bits per heavy atom. The van der Waals surface area contributed by atoms with Crippen LogP contribution in [0.25, 0.3) is 32.3 Å². The fraction of sp³-hybridized carbons (Fsp3) is 0.200. The van der Waals surface area contributed by atoms with Crippen LogP contribution in [0, 0.1) is 0 Å². The molecule has 31 heavy (non-hydrogen) atoms. The minimum absolute atomic E-state index is 0.547. The molecule has 1 aliphatic carbocycles. The van der Waals surface area contributed by atoms with Crippen LogP contribution in [0.15, 0.2) is 84.9 Å². The molecule has 0 N–H and O–H groups in total. The zero-order valence-electron chi connectivity index (χ0n) is 17.9. The summed E-state index contributed by atoms with van der Waals surface area (Å²) in [5.41, 5.74) is 4.52. The van der Waals surface area contributed by atoms with Crippen molar-refractivity contribution in [3.8, 4) is 5.75 Å². The topological polar surface area (TPSA) is 9.23 Å². The fourth-order valence-electron chi connectivity index (χ4n) is 5.57. The predicted molar refractivity (Wildman–Crippen MR) is 131 cm³/mol. The van der Waals surface area contributed by atoms with E-state index in [0.717, 1.165) is 18.6 Å². The maximum absolute atomic E-state index is 5.90. The zero-order valence-corrected chi connectivity index (χ0v) is 17.9. The van der Waals surface area contributed by atoms with E-state index in [1.807, 2.05) is 6.92 Å². The number of benzene rings is 5. The molecule has 152 valence electrons. The molecular formula is C30H26O. The lowest BCUT2D eigenvalue weighted by atomic mass is 9.77. The second-order valence-corrected chi connectivity index (χ2v) is 8.66. The van der Waals surface area contributed by atoms with E-state index in [4.69, 9.17) is 4.74 Å². The summed E-state index contributed by atoms with van der Waals surface area (Å²) >= 11 is 0. The molecule has 1 aliphatic rings. The number of aryl methyl sites for hydroxylation is 1. The Balaban J connectivity index is 1.44. The van der Waals surface area contributed by atoms with Crippen molar-refractivity contribution in [1.29, 1.82) is 0 Å². The lowest BCUT2D eigenvalue weighted by Crippen LogP contribution is -2.13. The first-order valence-corrected chi connectivity index (χ1v) is 11.4. The smallest absolute Gasteiger partial charge is 0.127 e. The molecule has 0 bridgehead atoms. The summed E-state index contributed by atoms with van der Waals surface area (Å²) in [6.45, 7) is 2.75. The second kappa shape index (κ2) is 7.42. The summed E-state index contributed by atoms with van der Waals surface area (Å²) < 4.78 is 5.90. The van der Waals surface area contributed by atoms with Gasteiger partial charge in [0.05, 0.1) is 6.61 Å². The third kappa shape index (κ3) is 2.99. The number of fused-ring (bicyclic) bond motifs is 6. The van der Waals surface area contributed by atoms with Gasteiger partial charge in [-0.15, -0.1) is 0 Å². The minimum atomic E-state index is 0.547. The molecule has 5 aromatic carbocycles. The summed E-state index contributed by atoms with van der Waals surface area (Å²) in [5.74, 6) is 1.54. The molecule has 1 heteroatoms. The van der Waals surface area contributed by atoms with Gasteiger partial charge in [0.1, 0.15) is 5.75 Å². The van der Waals surface area contributed by atoms with Gasteiger partial charge in [0.25, 0.3) is 0 Å². The van der Waals surface area contributed by atoms with Gasteiger partial charge in [-0.1, -0.05) is 78.9 Å². The van der Waals surface area contributed by atoms with Gasteiger partial charge in [0, 0.05) is 5.39 Å². The first-order valence-electron chi connectivity index (χ1n) is 11.4. The fourth-order valence-corrected chi connectivity index (χ4v) is 5.57. The number of rotatable bonds is 3. The summed E-state index contributed by atoms with van der Waals surface area (Å²) in [7, 11) is 0. The SMILES string of the molecule is CCOc1ccc(C2CCc3c(ccc4c3ccc3ccccc34)C2)c2ccccc12. The van der Waals surface area contributed by atoms with Crippen molar-refractivity contribution >= 4 is 32.3 Å². The van der Waals surface area contributed by atoms with Crippen molar-refractivity contribution in [1.82, 2.24) is 0 Å². The van der Waals surface area contributed by atoms with Gasteiger partial charge in [0.15, 0.2) is 0 Å². The van der Waals surface area contributed by atoms with E-state index >= 15 is 0 Å². The average molecular weight is 403 g/mol. The quantitative estimate of drug-likeness (QED) is 0.280. The van der Waals surface area contributed by atoms with Crippen LogP contribution in [0.5, 0.6) is 5.75 Å². The van der Waals surface area contributed by atoms with Gasteiger partial charge < -0.3 is 4.74 Å². The van der Waals surface area contributed by atoms with Crippen LogP contribution in [0.4, 0.5) is 0 Å². The highest BCUT2D eigenvalue weighted by atomic mass is 16.5. The highest BCUT2D eigenvalue weighted by Crippen LogP contribution is 2.41. The van der Waals surface area contributed by atoms with Crippen LogP contribution in [0.1, 0.15) is 36.0 Å². The van der Waals surface area contributed by atoms with Gasteiger partial charge in [0.2, 0.25) is 0 Å². The molecule has 0 fully saturated rings. The van der Waals surface area contributed by atoms with Gasteiger partial charge in [-0.05, 0) is 81.8 Å². The van der Waals surface area contributed by atoms with E-state index in [-0.39, 0.29) is 0 Å². The number of ether oxygens (including phenoxy) is 1. The first kappa shape index (κ1) is 18.4. The van der Waals surface area contributed by atoms with Crippen molar-refractivity contribution in [2.75, 3.05) is 6.61 Å². The largest absolute Gasteiger partial charge is 0.493 e. The normalized spacial score (nSPS) is 16.0. The lowest BCUT2D eigenvalue weighted by molar-refractivity contribution is 0.344. The molecule has 0 spiro atoms. The Kier molecular flexibility index (Phi) is 4.42.